The number of aromatic nitrogens is 1. The Morgan fingerprint density at radius 1 is 1.08 bits per heavy atom. The number of nitrogens with one attached hydrogen (secondary N) is 1. The molecule has 2 heterocycles. The van der Waals surface area contributed by atoms with E-state index in [0.717, 1.165) is 32.5 Å². The molecule has 1 N–H and O–H groups in total. The number of thiophene rings is 1. The predicted octanol–water partition coefficient (Wildman–Crippen LogP) is 7.02. The fraction of sp³-hybridized carbons (Fsp3) is 0.318. The number of fused-ring (bicyclic) bond motifs is 1. The minimum Gasteiger partial charge on any atom is -0.351 e. The molecule has 0 atom stereocenters. The Morgan fingerprint density at radius 2 is 1.76 bits per heavy atom. The standard InChI is InChI=1S/C18H17NOS.C4H10/c1-11(2)17(13-7-5-4-6-12(13)3)18(20)15-10-16-14(19-15)8-9-21-16;1-3-4-2/h4-10,19H,1-3H3;3-4H2,1-2H3. The predicted molar refractivity (Wildman–Crippen MR) is 111 cm³/mol. The highest BCUT2D eigenvalue weighted by molar-refractivity contribution is 7.17. The first-order chi connectivity index (χ1) is 12.0. The summed E-state index contributed by atoms with van der Waals surface area (Å²) in [6, 6.07) is 12.0. The highest BCUT2D eigenvalue weighted by Crippen LogP contribution is 2.28. The third kappa shape index (κ3) is 4.49. The third-order valence-electron chi connectivity index (χ3n) is 4.13. The lowest BCUT2D eigenvalue weighted by molar-refractivity contribution is 0.105. The van der Waals surface area contributed by atoms with E-state index in [9.17, 15) is 4.79 Å². The van der Waals surface area contributed by atoms with Crippen LogP contribution in [0.25, 0.3) is 15.8 Å². The molecule has 0 unspecified atom stereocenters. The molecule has 0 aliphatic rings. The quantitative estimate of drug-likeness (QED) is 0.397. The van der Waals surface area contributed by atoms with E-state index in [1.807, 2.05) is 62.5 Å². The van der Waals surface area contributed by atoms with E-state index in [2.05, 4.69) is 18.8 Å². The first-order valence-electron chi connectivity index (χ1n) is 8.83. The van der Waals surface area contributed by atoms with Gasteiger partial charge in [0.2, 0.25) is 5.78 Å². The molecule has 2 aromatic heterocycles. The van der Waals surface area contributed by atoms with Crippen molar-refractivity contribution in [1.29, 1.82) is 0 Å². The summed E-state index contributed by atoms with van der Waals surface area (Å²) in [5.41, 5.74) is 5.66. The van der Waals surface area contributed by atoms with Crippen LogP contribution in [0.15, 0.2) is 47.4 Å². The lowest BCUT2D eigenvalue weighted by Gasteiger charge is -2.11. The van der Waals surface area contributed by atoms with Crippen molar-refractivity contribution in [2.24, 2.45) is 0 Å². The number of rotatable bonds is 4. The smallest absolute Gasteiger partial charge is 0.209 e. The first-order valence-corrected chi connectivity index (χ1v) is 9.71. The van der Waals surface area contributed by atoms with Gasteiger partial charge in [-0.25, -0.2) is 0 Å². The summed E-state index contributed by atoms with van der Waals surface area (Å²) in [6.07, 6.45) is 2.64. The molecule has 0 radical (unpaired) electrons. The molecule has 0 saturated heterocycles. The first kappa shape index (κ1) is 19.2. The average Bonchev–Trinajstić information content (AvgIpc) is 3.18. The Labute approximate surface area is 154 Å². The molecule has 3 rings (SSSR count). The molecule has 2 nitrogen and oxygen atoms in total. The Kier molecular flexibility index (Phi) is 6.77. The average molecular weight is 354 g/mol. The number of unbranched alkanes of at least 4 members (excludes halogenated alkanes) is 1. The van der Waals surface area contributed by atoms with E-state index in [1.165, 1.54) is 12.8 Å². The summed E-state index contributed by atoms with van der Waals surface area (Å²) in [6.45, 7) is 10.4. The van der Waals surface area contributed by atoms with Crippen LogP contribution in [0.2, 0.25) is 0 Å². The Morgan fingerprint density at radius 3 is 2.32 bits per heavy atom. The second-order valence-corrected chi connectivity index (χ2v) is 7.35. The van der Waals surface area contributed by atoms with Gasteiger partial charge in [0.15, 0.2) is 0 Å². The molecular formula is C22H27NOS. The summed E-state index contributed by atoms with van der Waals surface area (Å²) in [4.78, 5) is 16.1. The number of Topliss-reactive ketones (excluding diaryl/α,β-unsaturated/α-hetero) is 1. The van der Waals surface area contributed by atoms with Gasteiger partial charge < -0.3 is 4.98 Å². The van der Waals surface area contributed by atoms with E-state index in [4.69, 9.17) is 0 Å². The molecule has 3 aromatic rings. The topological polar surface area (TPSA) is 32.9 Å². The molecule has 0 aliphatic carbocycles. The number of aryl methyl sites for hydroxylation is 1. The van der Waals surface area contributed by atoms with Crippen LogP contribution in [0.4, 0.5) is 0 Å². The van der Waals surface area contributed by atoms with Crippen molar-refractivity contribution in [2.45, 2.75) is 47.5 Å². The number of ketones is 1. The van der Waals surface area contributed by atoms with Gasteiger partial charge in [-0.1, -0.05) is 56.5 Å². The lowest BCUT2D eigenvalue weighted by atomic mass is 9.92. The fourth-order valence-corrected chi connectivity index (χ4v) is 3.36. The maximum Gasteiger partial charge on any atom is 0.209 e. The van der Waals surface area contributed by atoms with E-state index in [1.54, 1.807) is 11.3 Å². The molecule has 0 aliphatic heterocycles. The fourth-order valence-electron chi connectivity index (χ4n) is 2.58. The molecule has 1 aromatic carbocycles. The van der Waals surface area contributed by atoms with Crippen LogP contribution in [-0.2, 0) is 0 Å². The molecular weight excluding hydrogens is 326 g/mol. The molecule has 3 heteroatoms. The van der Waals surface area contributed by atoms with Crippen LogP contribution in [-0.4, -0.2) is 10.8 Å². The maximum atomic E-state index is 12.9. The number of benzene rings is 1. The SMILES string of the molecule is CC(C)=C(C(=O)c1cc2sccc2[nH]1)c1ccccc1C.CCCC. The molecule has 0 spiro atoms. The van der Waals surface area contributed by atoms with Crippen LogP contribution in [0, 0.1) is 6.92 Å². The summed E-state index contributed by atoms with van der Waals surface area (Å²) < 4.78 is 1.12. The van der Waals surface area contributed by atoms with E-state index < -0.39 is 0 Å². The summed E-state index contributed by atoms with van der Waals surface area (Å²) in [5, 5.41) is 2.03. The number of aromatic amines is 1. The zero-order valence-corrected chi connectivity index (χ0v) is 16.6. The Hall–Kier alpha value is -2.13. The lowest BCUT2D eigenvalue weighted by Crippen LogP contribution is -2.06. The van der Waals surface area contributed by atoms with E-state index in [-0.39, 0.29) is 5.78 Å². The monoisotopic (exact) mass is 353 g/mol. The molecule has 0 fully saturated rings. The van der Waals surface area contributed by atoms with Gasteiger partial charge in [0.25, 0.3) is 0 Å². The van der Waals surface area contributed by atoms with E-state index in [0.29, 0.717) is 5.69 Å². The van der Waals surface area contributed by atoms with Crippen molar-refractivity contribution in [2.75, 3.05) is 0 Å². The summed E-state index contributed by atoms with van der Waals surface area (Å²) in [5.74, 6) is 0.0627. The molecule has 0 amide bonds. The minimum atomic E-state index is 0.0627. The maximum absolute atomic E-state index is 12.9. The highest BCUT2D eigenvalue weighted by atomic mass is 32.1. The van der Waals surface area contributed by atoms with E-state index >= 15 is 0 Å². The van der Waals surface area contributed by atoms with Crippen LogP contribution < -0.4 is 0 Å². The van der Waals surface area contributed by atoms with Gasteiger partial charge >= 0.3 is 0 Å². The largest absolute Gasteiger partial charge is 0.351 e. The van der Waals surface area contributed by atoms with Crippen molar-refractivity contribution in [3.8, 4) is 0 Å². The number of carbonyl (C=O) groups excluding carboxylic acids is 1. The zero-order valence-electron chi connectivity index (χ0n) is 15.8. The van der Waals surface area contributed by atoms with Gasteiger partial charge in [-0.15, -0.1) is 11.3 Å². The second kappa shape index (κ2) is 8.82. The highest BCUT2D eigenvalue weighted by Gasteiger charge is 2.19. The molecule has 0 bridgehead atoms. The second-order valence-electron chi connectivity index (χ2n) is 6.40. The number of hydrogen-bond donors (Lipinski definition) is 1. The van der Waals surface area contributed by atoms with Gasteiger partial charge in [0.05, 0.1) is 15.9 Å². The van der Waals surface area contributed by atoms with Gasteiger partial charge in [0.1, 0.15) is 0 Å². The molecule has 132 valence electrons. The van der Waals surface area contributed by atoms with Gasteiger partial charge in [-0.05, 0) is 49.4 Å². The van der Waals surface area contributed by atoms with Crippen molar-refractivity contribution < 1.29 is 4.79 Å². The van der Waals surface area contributed by atoms with Crippen LogP contribution >= 0.6 is 11.3 Å². The number of allylic oxidation sites excluding steroid dienone is 2. The number of carbonyl (C=O) groups is 1. The van der Waals surface area contributed by atoms with Crippen LogP contribution in [0.5, 0.6) is 0 Å². The van der Waals surface area contributed by atoms with Crippen molar-refractivity contribution in [1.82, 2.24) is 4.98 Å². The summed E-state index contributed by atoms with van der Waals surface area (Å²) in [7, 11) is 0. The van der Waals surface area contributed by atoms with Crippen molar-refractivity contribution >= 4 is 32.9 Å². The normalized spacial score (nSPS) is 10.3. The Balaban J connectivity index is 0.000000511. The molecule has 0 saturated carbocycles. The Bertz CT molecular complexity index is 848. The van der Waals surface area contributed by atoms with Crippen molar-refractivity contribution in [3.63, 3.8) is 0 Å². The van der Waals surface area contributed by atoms with Crippen molar-refractivity contribution in [3.05, 3.63) is 64.2 Å². The minimum absolute atomic E-state index is 0.0627. The number of hydrogen-bond acceptors (Lipinski definition) is 2. The van der Waals surface area contributed by atoms with Gasteiger partial charge in [-0.2, -0.15) is 0 Å². The molecule has 25 heavy (non-hydrogen) atoms. The van der Waals surface area contributed by atoms with Gasteiger partial charge in [0, 0.05) is 5.57 Å². The third-order valence-corrected chi connectivity index (χ3v) is 4.99. The van der Waals surface area contributed by atoms with Crippen LogP contribution in [0.3, 0.4) is 0 Å². The zero-order chi connectivity index (χ0) is 18.4. The number of H-pyrrole nitrogens is 1. The summed E-state index contributed by atoms with van der Waals surface area (Å²) >= 11 is 1.65. The van der Waals surface area contributed by atoms with Gasteiger partial charge in [-0.3, -0.25) is 4.79 Å². The van der Waals surface area contributed by atoms with Crippen LogP contribution in [0.1, 0.15) is 62.2 Å².